The molecule has 21 heavy (non-hydrogen) atoms. The van der Waals surface area contributed by atoms with Crippen LogP contribution in [-0.2, 0) is 13.0 Å². The number of anilines is 2. The fraction of sp³-hybridized carbons (Fsp3) is 0.286. The molecule has 4 N–H and O–H groups in total. The minimum absolute atomic E-state index is 0.126. The molecule has 0 radical (unpaired) electrons. The summed E-state index contributed by atoms with van der Waals surface area (Å²) < 4.78 is 26.7. The predicted molar refractivity (Wildman–Crippen MR) is 77.5 cm³/mol. The zero-order valence-corrected chi connectivity index (χ0v) is 11.7. The van der Waals surface area contributed by atoms with Crippen LogP contribution in [0.25, 0.3) is 0 Å². The van der Waals surface area contributed by atoms with E-state index < -0.39 is 11.6 Å². The predicted octanol–water partition coefficient (Wildman–Crippen LogP) is 2.61. The molecule has 0 bridgehead atoms. The molecule has 2 rings (SSSR count). The van der Waals surface area contributed by atoms with E-state index in [0.717, 1.165) is 30.2 Å². The number of nitrogens with one attached hydrogen (secondary N) is 2. The standard InChI is InChI=1S/C14H17F2N5/c1-2-3-11-13(19-8-20-14(11)21-17)18-7-9-6-10(15)4-5-12(9)16/h4-6,8H,2-3,7,17H2,1H3,(H2,18,19,20,21). The van der Waals surface area contributed by atoms with Crippen LogP contribution in [0.1, 0.15) is 24.5 Å². The van der Waals surface area contributed by atoms with Gasteiger partial charge < -0.3 is 10.7 Å². The van der Waals surface area contributed by atoms with Gasteiger partial charge in [0.1, 0.15) is 29.6 Å². The lowest BCUT2D eigenvalue weighted by Gasteiger charge is -2.13. The third-order valence-corrected chi connectivity index (χ3v) is 3.04. The van der Waals surface area contributed by atoms with Crippen molar-refractivity contribution in [2.75, 3.05) is 10.7 Å². The quantitative estimate of drug-likeness (QED) is 0.564. The van der Waals surface area contributed by atoms with Crippen LogP contribution in [0.3, 0.4) is 0 Å². The molecule has 0 aliphatic carbocycles. The summed E-state index contributed by atoms with van der Waals surface area (Å²) in [6.07, 6.45) is 2.96. The van der Waals surface area contributed by atoms with Crippen LogP contribution in [0, 0.1) is 11.6 Å². The number of aromatic nitrogens is 2. The van der Waals surface area contributed by atoms with E-state index in [9.17, 15) is 8.78 Å². The topological polar surface area (TPSA) is 75.9 Å². The van der Waals surface area contributed by atoms with E-state index >= 15 is 0 Å². The number of halogens is 2. The fourth-order valence-corrected chi connectivity index (χ4v) is 2.03. The summed E-state index contributed by atoms with van der Waals surface area (Å²) in [6.45, 7) is 2.14. The van der Waals surface area contributed by atoms with Crippen LogP contribution in [0.5, 0.6) is 0 Å². The van der Waals surface area contributed by atoms with E-state index in [1.807, 2.05) is 6.92 Å². The molecule has 0 aliphatic heterocycles. The van der Waals surface area contributed by atoms with Gasteiger partial charge in [0.15, 0.2) is 0 Å². The number of nitrogens with zero attached hydrogens (tertiary/aromatic N) is 2. The maximum Gasteiger partial charge on any atom is 0.148 e. The summed E-state index contributed by atoms with van der Waals surface area (Å²) >= 11 is 0. The molecule has 1 aromatic heterocycles. The Bertz CT molecular complexity index is 618. The van der Waals surface area contributed by atoms with Crippen LogP contribution in [0.2, 0.25) is 0 Å². The van der Waals surface area contributed by atoms with Gasteiger partial charge in [-0.25, -0.2) is 24.6 Å². The van der Waals surface area contributed by atoms with Crippen molar-refractivity contribution in [3.63, 3.8) is 0 Å². The SMILES string of the molecule is CCCc1c(NN)ncnc1NCc1cc(F)ccc1F. The summed E-state index contributed by atoms with van der Waals surface area (Å²) in [4.78, 5) is 8.18. The number of nitrogen functional groups attached to an aromatic ring is 1. The Labute approximate surface area is 121 Å². The van der Waals surface area contributed by atoms with Gasteiger partial charge in [0.25, 0.3) is 0 Å². The number of rotatable bonds is 6. The first-order chi connectivity index (χ1) is 10.2. The molecule has 112 valence electrons. The number of hydrogen-bond donors (Lipinski definition) is 3. The van der Waals surface area contributed by atoms with Crippen LogP contribution >= 0.6 is 0 Å². The molecule has 0 atom stereocenters. The highest BCUT2D eigenvalue weighted by molar-refractivity contribution is 5.57. The molecular weight excluding hydrogens is 276 g/mol. The van der Waals surface area contributed by atoms with E-state index in [1.54, 1.807) is 0 Å². The highest BCUT2D eigenvalue weighted by atomic mass is 19.1. The molecule has 0 aliphatic rings. The van der Waals surface area contributed by atoms with Crippen molar-refractivity contribution in [2.24, 2.45) is 5.84 Å². The Morgan fingerprint density at radius 2 is 1.95 bits per heavy atom. The molecule has 1 aromatic carbocycles. The zero-order valence-electron chi connectivity index (χ0n) is 11.7. The lowest BCUT2D eigenvalue weighted by atomic mass is 10.1. The van der Waals surface area contributed by atoms with Gasteiger partial charge in [-0.05, 0) is 24.6 Å². The highest BCUT2D eigenvalue weighted by Crippen LogP contribution is 2.22. The second kappa shape index (κ2) is 6.94. The van der Waals surface area contributed by atoms with Gasteiger partial charge in [0.05, 0.1) is 0 Å². The van der Waals surface area contributed by atoms with Crippen LogP contribution < -0.4 is 16.6 Å². The summed E-state index contributed by atoms with van der Waals surface area (Å²) in [5.74, 6) is 5.56. The Morgan fingerprint density at radius 3 is 2.67 bits per heavy atom. The molecule has 1 heterocycles. The van der Waals surface area contributed by atoms with Crippen molar-refractivity contribution in [3.8, 4) is 0 Å². The molecule has 0 unspecified atom stereocenters. The van der Waals surface area contributed by atoms with Crippen molar-refractivity contribution in [2.45, 2.75) is 26.3 Å². The van der Waals surface area contributed by atoms with Crippen LogP contribution in [0.4, 0.5) is 20.4 Å². The summed E-state index contributed by atoms with van der Waals surface area (Å²) in [5, 5.41) is 3.00. The average molecular weight is 293 g/mol. The molecule has 0 spiro atoms. The molecule has 7 heteroatoms. The van der Waals surface area contributed by atoms with Gasteiger partial charge in [-0.3, -0.25) is 0 Å². The number of hydrogen-bond acceptors (Lipinski definition) is 5. The molecule has 5 nitrogen and oxygen atoms in total. The van der Waals surface area contributed by atoms with E-state index in [1.165, 1.54) is 6.33 Å². The lowest BCUT2D eigenvalue weighted by Crippen LogP contribution is -2.14. The maximum atomic E-state index is 13.6. The number of nitrogens with two attached hydrogens (primary N) is 1. The van der Waals surface area contributed by atoms with Crippen molar-refractivity contribution >= 4 is 11.6 Å². The smallest absolute Gasteiger partial charge is 0.148 e. The number of benzene rings is 1. The molecule has 0 amide bonds. The van der Waals surface area contributed by atoms with Gasteiger partial charge in [-0.15, -0.1) is 0 Å². The summed E-state index contributed by atoms with van der Waals surface area (Å²) in [5.41, 5.74) is 3.57. The Morgan fingerprint density at radius 1 is 1.19 bits per heavy atom. The summed E-state index contributed by atoms with van der Waals surface area (Å²) in [7, 11) is 0. The largest absolute Gasteiger partial charge is 0.365 e. The van der Waals surface area contributed by atoms with Crippen LogP contribution in [0.15, 0.2) is 24.5 Å². The molecule has 0 fully saturated rings. The normalized spacial score (nSPS) is 10.5. The minimum atomic E-state index is -0.478. The summed E-state index contributed by atoms with van der Waals surface area (Å²) in [6, 6.07) is 3.35. The Kier molecular flexibility index (Phi) is 4.99. The van der Waals surface area contributed by atoms with E-state index in [-0.39, 0.29) is 12.1 Å². The number of hydrazine groups is 1. The zero-order chi connectivity index (χ0) is 15.2. The first kappa shape index (κ1) is 15.1. The second-order valence-electron chi connectivity index (χ2n) is 4.53. The fourth-order valence-electron chi connectivity index (χ4n) is 2.03. The first-order valence-corrected chi connectivity index (χ1v) is 6.64. The van der Waals surface area contributed by atoms with Gasteiger partial charge in [0.2, 0.25) is 0 Å². The molecule has 0 saturated carbocycles. The monoisotopic (exact) mass is 293 g/mol. The Balaban J connectivity index is 2.21. The van der Waals surface area contributed by atoms with E-state index in [2.05, 4.69) is 20.7 Å². The molecular formula is C14H17F2N5. The molecule has 0 saturated heterocycles. The average Bonchev–Trinajstić information content (AvgIpc) is 2.49. The van der Waals surface area contributed by atoms with Gasteiger partial charge in [0, 0.05) is 17.7 Å². The second-order valence-corrected chi connectivity index (χ2v) is 4.53. The van der Waals surface area contributed by atoms with Crippen molar-refractivity contribution < 1.29 is 8.78 Å². The maximum absolute atomic E-state index is 13.6. The highest BCUT2D eigenvalue weighted by Gasteiger charge is 2.11. The van der Waals surface area contributed by atoms with Crippen molar-refractivity contribution in [3.05, 3.63) is 47.3 Å². The van der Waals surface area contributed by atoms with Crippen LogP contribution in [-0.4, -0.2) is 9.97 Å². The van der Waals surface area contributed by atoms with E-state index in [0.29, 0.717) is 18.1 Å². The molecule has 2 aromatic rings. The van der Waals surface area contributed by atoms with Crippen molar-refractivity contribution in [1.82, 2.24) is 9.97 Å². The van der Waals surface area contributed by atoms with E-state index in [4.69, 9.17) is 5.84 Å². The minimum Gasteiger partial charge on any atom is -0.365 e. The van der Waals surface area contributed by atoms with Gasteiger partial charge in [-0.2, -0.15) is 0 Å². The third kappa shape index (κ3) is 3.63. The Hall–Kier alpha value is -2.28. The lowest BCUT2D eigenvalue weighted by molar-refractivity contribution is 0.587. The third-order valence-electron chi connectivity index (χ3n) is 3.04. The van der Waals surface area contributed by atoms with Crippen molar-refractivity contribution in [1.29, 1.82) is 0 Å². The van der Waals surface area contributed by atoms with Gasteiger partial charge >= 0.3 is 0 Å². The first-order valence-electron chi connectivity index (χ1n) is 6.64. The van der Waals surface area contributed by atoms with Gasteiger partial charge in [-0.1, -0.05) is 13.3 Å².